The molecule has 5 atom stereocenters. The average molecular weight is 556 g/mol. The SMILES string of the molecule is CC[C@]12CCC3(O1)C(C(=O)NC(C)(C)CC(C)(C)C)N(CCCCCO)C(=O)[C@@H]3[C@H]2C(=O)NCc1ccccc1. The number of carbonyl (C=O) groups excluding carboxylic acids is 3. The summed E-state index contributed by atoms with van der Waals surface area (Å²) < 4.78 is 6.86. The summed E-state index contributed by atoms with van der Waals surface area (Å²) in [6, 6.07) is 8.94. The first-order chi connectivity index (χ1) is 18.8. The first-order valence-corrected chi connectivity index (χ1v) is 15.0. The Balaban J connectivity index is 1.65. The molecule has 3 fully saturated rings. The van der Waals surface area contributed by atoms with Crippen LogP contribution >= 0.6 is 0 Å². The molecule has 2 bridgehead atoms. The molecule has 0 saturated carbocycles. The molecule has 3 N–H and O–H groups in total. The maximum Gasteiger partial charge on any atom is 0.246 e. The van der Waals surface area contributed by atoms with E-state index in [0.29, 0.717) is 45.2 Å². The van der Waals surface area contributed by atoms with E-state index in [2.05, 4.69) is 31.4 Å². The molecule has 3 amide bonds. The van der Waals surface area contributed by atoms with Crippen molar-refractivity contribution >= 4 is 17.7 Å². The average Bonchev–Trinajstić information content (AvgIpc) is 3.47. The van der Waals surface area contributed by atoms with Gasteiger partial charge in [0.05, 0.1) is 17.4 Å². The zero-order valence-corrected chi connectivity index (χ0v) is 25.2. The first kappa shape index (κ1) is 30.5. The minimum atomic E-state index is -1.03. The van der Waals surface area contributed by atoms with Crippen molar-refractivity contribution in [2.75, 3.05) is 13.2 Å². The number of hydrogen-bond acceptors (Lipinski definition) is 5. The summed E-state index contributed by atoms with van der Waals surface area (Å²) >= 11 is 0. The van der Waals surface area contributed by atoms with Crippen LogP contribution in [0.1, 0.15) is 92.1 Å². The highest BCUT2D eigenvalue weighted by Gasteiger charge is 2.78. The Kier molecular flexibility index (Phi) is 8.72. The lowest BCUT2D eigenvalue weighted by molar-refractivity contribution is -0.148. The third-order valence-corrected chi connectivity index (χ3v) is 9.01. The molecule has 1 aromatic rings. The summed E-state index contributed by atoms with van der Waals surface area (Å²) in [5, 5.41) is 15.6. The second kappa shape index (κ2) is 11.4. The van der Waals surface area contributed by atoms with E-state index >= 15 is 0 Å². The second-order valence-corrected chi connectivity index (χ2v) is 14.0. The number of aliphatic hydroxyl groups excluding tert-OH is 1. The van der Waals surface area contributed by atoms with Crippen molar-refractivity contribution in [3.05, 3.63) is 35.9 Å². The molecule has 3 aliphatic rings. The van der Waals surface area contributed by atoms with Gasteiger partial charge in [-0.2, -0.15) is 0 Å². The number of carbonyl (C=O) groups is 3. The Morgan fingerprint density at radius 2 is 1.75 bits per heavy atom. The fraction of sp³-hybridized carbons (Fsp3) is 0.719. The first-order valence-electron chi connectivity index (χ1n) is 15.0. The van der Waals surface area contributed by atoms with Crippen LogP contribution in [0.15, 0.2) is 30.3 Å². The van der Waals surface area contributed by atoms with E-state index in [0.717, 1.165) is 18.4 Å². The lowest BCUT2D eigenvalue weighted by atomic mass is 9.65. The number of unbranched alkanes of at least 4 members (excludes halogenated alkanes) is 2. The number of aliphatic hydroxyl groups is 1. The molecule has 2 unspecified atom stereocenters. The van der Waals surface area contributed by atoms with Gasteiger partial charge in [-0.1, -0.05) is 58.0 Å². The van der Waals surface area contributed by atoms with Crippen molar-refractivity contribution in [2.24, 2.45) is 17.3 Å². The van der Waals surface area contributed by atoms with Gasteiger partial charge in [-0.25, -0.2) is 0 Å². The molecule has 4 rings (SSSR count). The minimum Gasteiger partial charge on any atom is -0.396 e. The number of amides is 3. The fourth-order valence-corrected chi connectivity index (χ4v) is 7.89. The van der Waals surface area contributed by atoms with Crippen LogP contribution < -0.4 is 10.6 Å². The predicted molar refractivity (Wildman–Crippen MR) is 154 cm³/mol. The van der Waals surface area contributed by atoms with Gasteiger partial charge in [0.15, 0.2) is 0 Å². The van der Waals surface area contributed by atoms with E-state index in [1.807, 2.05) is 51.1 Å². The van der Waals surface area contributed by atoms with Crippen molar-refractivity contribution in [2.45, 2.75) is 116 Å². The van der Waals surface area contributed by atoms with Crippen LogP contribution in [0.5, 0.6) is 0 Å². The highest BCUT2D eigenvalue weighted by Crippen LogP contribution is 2.64. The van der Waals surface area contributed by atoms with Crippen LogP contribution in [-0.4, -0.2) is 63.7 Å². The van der Waals surface area contributed by atoms with E-state index in [1.54, 1.807) is 4.90 Å². The summed E-state index contributed by atoms with van der Waals surface area (Å²) in [7, 11) is 0. The van der Waals surface area contributed by atoms with Crippen molar-refractivity contribution in [1.82, 2.24) is 15.5 Å². The number of rotatable bonds is 12. The van der Waals surface area contributed by atoms with Crippen molar-refractivity contribution in [3.63, 3.8) is 0 Å². The topological polar surface area (TPSA) is 108 Å². The van der Waals surface area contributed by atoms with Gasteiger partial charge in [0, 0.05) is 25.2 Å². The molecule has 0 radical (unpaired) electrons. The fourth-order valence-electron chi connectivity index (χ4n) is 7.89. The molecule has 3 heterocycles. The summed E-state index contributed by atoms with van der Waals surface area (Å²) in [6.45, 7) is 13.4. The number of fused-ring (bicyclic) bond motifs is 1. The molecule has 3 aliphatic heterocycles. The molecule has 8 nitrogen and oxygen atoms in total. The molecule has 1 spiro atoms. The van der Waals surface area contributed by atoms with Gasteiger partial charge in [-0.05, 0) is 69.8 Å². The van der Waals surface area contributed by atoms with E-state index < -0.39 is 34.6 Å². The Morgan fingerprint density at radius 3 is 2.38 bits per heavy atom. The van der Waals surface area contributed by atoms with Crippen molar-refractivity contribution < 1.29 is 24.2 Å². The van der Waals surface area contributed by atoms with Gasteiger partial charge in [0.2, 0.25) is 17.7 Å². The Bertz CT molecular complexity index is 1080. The quantitative estimate of drug-likeness (QED) is 0.339. The van der Waals surface area contributed by atoms with Crippen LogP contribution in [0.4, 0.5) is 0 Å². The van der Waals surface area contributed by atoms with E-state index in [1.165, 1.54) is 0 Å². The van der Waals surface area contributed by atoms with E-state index in [-0.39, 0.29) is 29.7 Å². The zero-order valence-electron chi connectivity index (χ0n) is 25.2. The summed E-state index contributed by atoms with van der Waals surface area (Å²) in [4.78, 5) is 43.9. The summed E-state index contributed by atoms with van der Waals surface area (Å²) in [5.74, 6) is -1.89. The number of likely N-dealkylation sites (tertiary alicyclic amines) is 1. The van der Waals surface area contributed by atoms with Crippen LogP contribution in [0.25, 0.3) is 0 Å². The highest BCUT2D eigenvalue weighted by molar-refractivity contribution is 5.99. The Hall–Kier alpha value is -2.45. The van der Waals surface area contributed by atoms with Gasteiger partial charge in [-0.15, -0.1) is 0 Å². The molecule has 1 aromatic carbocycles. The minimum absolute atomic E-state index is 0.00357. The number of nitrogens with zero attached hydrogens (tertiary/aromatic N) is 1. The molecular formula is C32H49N3O5. The van der Waals surface area contributed by atoms with Gasteiger partial charge in [0.25, 0.3) is 0 Å². The van der Waals surface area contributed by atoms with Crippen molar-refractivity contribution in [1.29, 1.82) is 0 Å². The van der Waals surface area contributed by atoms with Crippen LogP contribution in [0.3, 0.4) is 0 Å². The Labute approximate surface area is 239 Å². The van der Waals surface area contributed by atoms with Crippen LogP contribution in [0.2, 0.25) is 0 Å². The molecule has 0 aliphatic carbocycles. The normalized spacial score (nSPS) is 29.5. The largest absolute Gasteiger partial charge is 0.396 e. The third kappa shape index (κ3) is 5.80. The van der Waals surface area contributed by atoms with Crippen LogP contribution in [0, 0.1) is 17.3 Å². The molecular weight excluding hydrogens is 506 g/mol. The molecule has 0 aromatic heterocycles. The number of benzene rings is 1. The van der Waals surface area contributed by atoms with Crippen LogP contribution in [-0.2, 0) is 25.7 Å². The van der Waals surface area contributed by atoms with Gasteiger partial charge in [0.1, 0.15) is 11.6 Å². The maximum absolute atomic E-state index is 14.2. The second-order valence-electron chi connectivity index (χ2n) is 14.0. The van der Waals surface area contributed by atoms with Gasteiger partial charge < -0.3 is 25.4 Å². The molecule has 222 valence electrons. The maximum atomic E-state index is 14.2. The van der Waals surface area contributed by atoms with Crippen molar-refractivity contribution in [3.8, 4) is 0 Å². The van der Waals surface area contributed by atoms with Gasteiger partial charge in [-0.3, -0.25) is 14.4 Å². The number of nitrogens with one attached hydrogen (secondary N) is 2. The number of hydrogen-bond donors (Lipinski definition) is 3. The van der Waals surface area contributed by atoms with Gasteiger partial charge >= 0.3 is 0 Å². The zero-order chi connectivity index (χ0) is 29.3. The summed E-state index contributed by atoms with van der Waals surface area (Å²) in [5.41, 5.74) is -1.28. The summed E-state index contributed by atoms with van der Waals surface area (Å²) in [6.07, 6.45) is 4.66. The molecule has 3 saturated heterocycles. The Morgan fingerprint density at radius 1 is 1.05 bits per heavy atom. The molecule has 8 heteroatoms. The lowest BCUT2D eigenvalue weighted by Gasteiger charge is -2.38. The number of ether oxygens (including phenoxy) is 1. The monoisotopic (exact) mass is 555 g/mol. The lowest BCUT2D eigenvalue weighted by Crippen LogP contribution is -2.59. The predicted octanol–water partition coefficient (Wildman–Crippen LogP) is 3.95. The molecule has 40 heavy (non-hydrogen) atoms. The van der Waals surface area contributed by atoms with E-state index in [9.17, 15) is 19.5 Å². The van der Waals surface area contributed by atoms with E-state index in [4.69, 9.17) is 4.74 Å². The standard InChI is InChI=1S/C32H49N3O5/c1-7-31-16-17-32(40-31)24(23(31)26(37)33-20-22-14-10-8-11-15-22)28(39)35(18-12-9-13-19-36)25(32)27(38)34-30(5,6)21-29(2,3)4/h8,10-11,14-15,23-25,36H,7,9,12-13,16-21H2,1-6H3,(H,33,37)(H,34,38)/t23-,24-,25?,31+,32?/m0/s1. The highest BCUT2D eigenvalue weighted by atomic mass is 16.5. The third-order valence-electron chi connectivity index (χ3n) is 9.01. The smallest absolute Gasteiger partial charge is 0.246 e.